The van der Waals surface area contributed by atoms with E-state index in [2.05, 4.69) is 9.44 Å². The van der Waals surface area contributed by atoms with Gasteiger partial charge in [-0.2, -0.15) is 0 Å². The predicted octanol–water partition coefficient (Wildman–Crippen LogP) is 3.01. The zero-order valence-corrected chi connectivity index (χ0v) is 16.6. The Bertz CT molecular complexity index is 1110. The largest absolute Gasteiger partial charge is 0.280 e. The third-order valence-corrected chi connectivity index (χ3v) is 6.89. The van der Waals surface area contributed by atoms with Crippen molar-refractivity contribution in [2.45, 2.75) is 16.2 Å². The number of nitrogens with one attached hydrogen (secondary N) is 2. The van der Waals surface area contributed by atoms with Gasteiger partial charge in [0.1, 0.15) is 0 Å². The SMILES string of the molecule is O=S(=O)(NCCc1ccccc1)c1ccc(NS(=O)(=O)c2ccccc2)cc1. The van der Waals surface area contributed by atoms with Gasteiger partial charge in [0.25, 0.3) is 10.0 Å². The van der Waals surface area contributed by atoms with E-state index < -0.39 is 20.0 Å². The summed E-state index contributed by atoms with van der Waals surface area (Å²) in [5.41, 5.74) is 1.32. The average Bonchev–Trinajstić information content (AvgIpc) is 2.69. The predicted molar refractivity (Wildman–Crippen MR) is 109 cm³/mol. The third kappa shape index (κ3) is 5.19. The molecule has 0 radical (unpaired) electrons. The van der Waals surface area contributed by atoms with Crippen molar-refractivity contribution < 1.29 is 16.8 Å². The van der Waals surface area contributed by atoms with E-state index in [4.69, 9.17) is 0 Å². The van der Waals surface area contributed by atoms with Gasteiger partial charge in [0.15, 0.2) is 0 Å². The van der Waals surface area contributed by atoms with Gasteiger partial charge in [0.2, 0.25) is 10.0 Å². The minimum atomic E-state index is -3.72. The molecule has 0 saturated heterocycles. The molecule has 0 aliphatic carbocycles. The highest BCUT2D eigenvalue weighted by molar-refractivity contribution is 7.92. The molecule has 8 heteroatoms. The van der Waals surface area contributed by atoms with Crippen molar-refractivity contribution in [3.8, 4) is 0 Å². The van der Waals surface area contributed by atoms with Gasteiger partial charge >= 0.3 is 0 Å². The van der Waals surface area contributed by atoms with Crippen LogP contribution in [0, 0.1) is 0 Å². The van der Waals surface area contributed by atoms with Gasteiger partial charge in [-0.05, 0) is 48.4 Å². The van der Waals surface area contributed by atoms with E-state index in [1.807, 2.05) is 30.3 Å². The average molecular weight is 417 g/mol. The monoisotopic (exact) mass is 416 g/mol. The Morgan fingerprint density at radius 2 is 1.14 bits per heavy atom. The van der Waals surface area contributed by atoms with Crippen molar-refractivity contribution in [3.63, 3.8) is 0 Å². The molecule has 0 atom stereocenters. The number of benzene rings is 3. The number of hydrogen-bond acceptors (Lipinski definition) is 4. The second-order valence-electron chi connectivity index (χ2n) is 6.08. The molecule has 3 rings (SSSR count). The molecule has 0 aliphatic heterocycles. The van der Waals surface area contributed by atoms with E-state index in [0.29, 0.717) is 6.42 Å². The van der Waals surface area contributed by atoms with Crippen LogP contribution in [0.25, 0.3) is 0 Å². The van der Waals surface area contributed by atoms with Crippen LogP contribution in [0.1, 0.15) is 5.56 Å². The van der Waals surface area contributed by atoms with Crippen molar-refractivity contribution in [1.29, 1.82) is 0 Å². The van der Waals surface area contributed by atoms with Crippen molar-refractivity contribution in [2.75, 3.05) is 11.3 Å². The number of anilines is 1. The van der Waals surface area contributed by atoms with E-state index in [-0.39, 0.29) is 22.0 Å². The molecular weight excluding hydrogens is 396 g/mol. The summed E-state index contributed by atoms with van der Waals surface area (Å²) >= 11 is 0. The fourth-order valence-corrected chi connectivity index (χ4v) is 4.69. The fraction of sp³-hybridized carbons (Fsp3) is 0.100. The Morgan fingerprint density at radius 1 is 0.607 bits per heavy atom. The molecule has 0 unspecified atom stereocenters. The highest BCUT2D eigenvalue weighted by Crippen LogP contribution is 2.18. The van der Waals surface area contributed by atoms with Crippen LogP contribution in [0.3, 0.4) is 0 Å². The first kappa shape index (κ1) is 20.1. The Balaban J connectivity index is 1.64. The molecule has 0 aliphatic rings. The van der Waals surface area contributed by atoms with Crippen molar-refractivity contribution in [2.24, 2.45) is 0 Å². The highest BCUT2D eigenvalue weighted by atomic mass is 32.2. The molecule has 3 aromatic carbocycles. The zero-order chi connectivity index (χ0) is 20.0. The van der Waals surface area contributed by atoms with Gasteiger partial charge in [0, 0.05) is 12.2 Å². The Labute approximate surface area is 165 Å². The quantitative estimate of drug-likeness (QED) is 0.590. The molecule has 0 amide bonds. The maximum Gasteiger partial charge on any atom is 0.261 e. The molecule has 0 heterocycles. The molecule has 28 heavy (non-hydrogen) atoms. The topological polar surface area (TPSA) is 92.3 Å². The van der Waals surface area contributed by atoms with Gasteiger partial charge in [-0.25, -0.2) is 21.6 Å². The van der Waals surface area contributed by atoms with Gasteiger partial charge in [-0.15, -0.1) is 0 Å². The van der Waals surface area contributed by atoms with E-state index in [0.717, 1.165) is 5.56 Å². The van der Waals surface area contributed by atoms with Crippen LogP contribution in [0.5, 0.6) is 0 Å². The van der Waals surface area contributed by atoms with Crippen LogP contribution in [0.4, 0.5) is 5.69 Å². The lowest BCUT2D eigenvalue weighted by atomic mass is 10.2. The van der Waals surface area contributed by atoms with Crippen molar-refractivity contribution in [3.05, 3.63) is 90.5 Å². The lowest BCUT2D eigenvalue weighted by Gasteiger charge is -2.10. The van der Waals surface area contributed by atoms with Crippen LogP contribution in [0.15, 0.2) is 94.7 Å². The maximum absolute atomic E-state index is 12.4. The summed E-state index contributed by atoms with van der Waals surface area (Å²) in [6, 6.07) is 23.1. The summed E-state index contributed by atoms with van der Waals surface area (Å²) < 4.78 is 54.4. The number of rotatable bonds is 8. The first-order valence-electron chi connectivity index (χ1n) is 8.58. The number of sulfonamides is 2. The third-order valence-electron chi connectivity index (χ3n) is 4.02. The lowest BCUT2D eigenvalue weighted by molar-refractivity contribution is 0.581. The molecule has 0 saturated carbocycles. The second kappa shape index (κ2) is 8.55. The smallest absolute Gasteiger partial charge is 0.261 e. The van der Waals surface area contributed by atoms with E-state index in [9.17, 15) is 16.8 Å². The standard InChI is InChI=1S/C20H20N2O4S2/c23-27(24,21-16-15-17-7-3-1-4-8-17)20-13-11-18(12-14-20)22-28(25,26)19-9-5-2-6-10-19/h1-14,21-22H,15-16H2. The second-order valence-corrected chi connectivity index (χ2v) is 9.53. The van der Waals surface area contributed by atoms with E-state index in [1.54, 1.807) is 18.2 Å². The summed E-state index contributed by atoms with van der Waals surface area (Å²) in [4.78, 5) is 0.206. The van der Waals surface area contributed by atoms with Gasteiger partial charge < -0.3 is 0 Å². The molecular formula is C20H20N2O4S2. The molecule has 0 spiro atoms. The zero-order valence-electron chi connectivity index (χ0n) is 14.9. The highest BCUT2D eigenvalue weighted by Gasteiger charge is 2.16. The van der Waals surface area contributed by atoms with E-state index >= 15 is 0 Å². The van der Waals surface area contributed by atoms with Gasteiger partial charge in [-0.3, -0.25) is 4.72 Å². The van der Waals surface area contributed by atoms with Gasteiger partial charge in [0.05, 0.1) is 9.79 Å². The summed E-state index contributed by atoms with van der Waals surface area (Å²) in [6.45, 7) is 0.273. The Kier molecular flexibility index (Phi) is 6.13. The van der Waals surface area contributed by atoms with Crippen LogP contribution in [-0.2, 0) is 26.5 Å². The van der Waals surface area contributed by atoms with Crippen molar-refractivity contribution >= 4 is 25.7 Å². The molecule has 0 fully saturated rings. The first-order chi connectivity index (χ1) is 13.4. The van der Waals surface area contributed by atoms with Crippen molar-refractivity contribution in [1.82, 2.24) is 4.72 Å². The fourth-order valence-electron chi connectivity index (χ4n) is 2.57. The Hall–Kier alpha value is -2.68. The van der Waals surface area contributed by atoms with Crippen LogP contribution in [0.2, 0.25) is 0 Å². The summed E-state index contributed by atoms with van der Waals surface area (Å²) in [5.74, 6) is 0. The number of hydrogen-bond donors (Lipinski definition) is 2. The lowest BCUT2D eigenvalue weighted by Crippen LogP contribution is -2.26. The minimum Gasteiger partial charge on any atom is -0.280 e. The maximum atomic E-state index is 12.4. The van der Waals surface area contributed by atoms with Crippen LogP contribution < -0.4 is 9.44 Å². The first-order valence-corrected chi connectivity index (χ1v) is 11.5. The molecule has 0 aromatic heterocycles. The molecule has 2 N–H and O–H groups in total. The molecule has 0 bridgehead atoms. The summed E-state index contributed by atoms with van der Waals surface area (Å²) in [7, 11) is -7.39. The summed E-state index contributed by atoms with van der Waals surface area (Å²) in [5, 5.41) is 0. The molecule has 3 aromatic rings. The minimum absolute atomic E-state index is 0.0724. The summed E-state index contributed by atoms with van der Waals surface area (Å²) in [6.07, 6.45) is 0.578. The van der Waals surface area contributed by atoms with Crippen LogP contribution in [-0.4, -0.2) is 23.4 Å². The Morgan fingerprint density at radius 3 is 1.75 bits per heavy atom. The molecule has 6 nitrogen and oxygen atoms in total. The molecule has 146 valence electrons. The van der Waals surface area contributed by atoms with Gasteiger partial charge in [-0.1, -0.05) is 48.5 Å². The van der Waals surface area contributed by atoms with Crippen LogP contribution >= 0.6 is 0 Å². The normalized spacial score (nSPS) is 11.9. The van der Waals surface area contributed by atoms with E-state index in [1.165, 1.54) is 36.4 Å².